The van der Waals surface area contributed by atoms with Crippen molar-refractivity contribution in [2.75, 3.05) is 0 Å². The van der Waals surface area contributed by atoms with Gasteiger partial charge in [0, 0.05) is 32.8 Å². The van der Waals surface area contributed by atoms with Gasteiger partial charge < -0.3 is 4.57 Å². The van der Waals surface area contributed by atoms with E-state index in [1.54, 1.807) is 0 Å². The third-order valence-corrected chi connectivity index (χ3v) is 4.24. The molecule has 0 amide bonds. The molecule has 92 valence electrons. The highest BCUT2D eigenvalue weighted by Gasteiger charge is 2.27. The summed E-state index contributed by atoms with van der Waals surface area (Å²) in [5, 5.41) is 3.67. The zero-order valence-electron chi connectivity index (χ0n) is 9.70. The molecule has 1 aliphatic carbocycles. The van der Waals surface area contributed by atoms with Gasteiger partial charge in [-0.1, -0.05) is 17.5 Å². The standard InChI is InChI=1S/C13H10ClIN2S/c1-8-16-12-6-9(4-5-18-15)11(14)7-13(12)17(8)10-2-3-10/h6-7,10H,2-3H2,1H3. The fourth-order valence-corrected chi connectivity index (χ4v) is 2.88. The first-order valence-corrected chi connectivity index (χ1v) is 9.41. The van der Waals surface area contributed by atoms with E-state index < -0.39 is 0 Å². The largest absolute Gasteiger partial charge is 0.325 e. The number of nitrogens with zero attached hydrogens (tertiary/aromatic N) is 2. The Kier molecular flexibility index (Phi) is 3.48. The number of rotatable bonds is 1. The highest BCUT2D eigenvalue weighted by molar-refractivity contribution is 14.2. The summed E-state index contributed by atoms with van der Waals surface area (Å²) in [4.78, 5) is 4.61. The normalized spacial score (nSPS) is 14.6. The summed E-state index contributed by atoms with van der Waals surface area (Å²) in [7, 11) is 1.46. The maximum Gasteiger partial charge on any atom is 0.106 e. The van der Waals surface area contributed by atoms with Crippen LogP contribution in [0.1, 0.15) is 30.3 Å². The van der Waals surface area contributed by atoms with Crippen LogP contribution in [0, 0.1) is 18.1 Å². The maximum atomic E-state index is 6.29. The summed E-state index contributed by atoms with van der Waals surface area (Å²) in [6.07, 6.45) is 2.49. The average molecular weight is 389 g/mol. The van der Waals surface area contributed by atoms with Crippen LogP contribution in [0.5, 0.6) is 0 Å². The van der Waals surface area contributed by atoms with Gasteiger partial charge in [-0.25, -0.2) is 4.98 Å². The van der Waals surface area contributed by atoms with Gasteiger partial charge in [0.15, 0.2) is 0 Å². The molecule has 1 aromatic carbocycles. The molecule has 5 heteroatoms. The molecule has 0 spiro atoms. The van der Waals surface area contributed by atoms with Crippen LogP contribution in [0.2, 0.25) is 5.02 Å². The van der Waals surface area contributed by atoms with E-state index in [2.05, 4.69) is 48.9 Å². The third kappa shape index (κ3) is 2.24. The molecule has 0 unspecified atom stereocenters. The molecule has 3 rings (SSSR count). The first-order chi connectivity index (χ1) is 8.70. The van der Waals surface area contributed by atoms with Crippen molar-refractivity contribution in [1.29, 1.82) is 0 Å². The minimum absolute atomic E-state index is 0.618. The molecule has 1 saturated carbocycles. The highest BCUT2D eigenvalue weighted by Crippen LogP contribution is 2.39. The topological polar surface area (TPSA) is 17.8 Å². The van der Waals surface area contributed by atoms with E-state index in [9.17, 15) is 0 Å². The van der Waals surface area contributed by atoms with Gasteiger partial charge in [0.05, 0.1) is 16.1 Å². The minimum atomic E-state index is 0.618. The van der Waals surface area contributed by atoms with E-state index in [1.807, 2.05) is 12.1 Å². The number of hydrogen-bond donors (Lipinski definition) is 0. The number of hydrogen-bond acceptors (Lipinski definition) is 2. The fourth-order valence-electron chi connectivity index (χ4n) is 2.20. The summed E-state index contributed by atoms with van der Waals surface area (Å²) in [6, 6.07) is 4.61. The van der Waals surface area contributed by atoms with Crippen LogP contribution < -0.4 is 0 Å². The van der Waals surface area contributed by atoms with Gasteiger partial charge in [-0.05, 0) is 46.1 Å². The number of fused-ring (bicyclic) bond motifs is 1. The molecule has 0 atom stereocenters. The van der Waals surface area contributed by atoms with Crippen LogP contribution in [0.4, 0.5) is 0 Å². The van der Waals surface area contributed by atoms with Gasteiger partial charge in [0.2, 0.25) is 0 Å². The SMILES string of the molecule is Cc1nc2cc(C#CSI)c(Cl)cc2n1C1CC1. The quantitative estimate of drug-likeness (QED) is 0.519. The predicted octanol–water partition coefficient (Wildman–Crippen LogP) is 4.73. The van der Waals surface area contributed by atoms with Crippen molar-refractivity contribution < 1.29 is 0 Å². The van der Waals surface area contributed by atoms with Gasteiger partial charge in [-0.3, -0.25) is 0 Å². The lowest BCUT2D eigenvalue weighted by molar-refractivity contribution is 0.734. The van der Waals surface area contributed by atoms with Gasteiger partial charge in [-0.2, -0.15) is 0 Å². The second kappa shape index (κ2) is 4.95. The molecular formula is C13H10ClIN2S. The van der Waals surface area contributed by atoms with Crippen LogP contribution in [0.25, 0.3) is 11.0 Å². The highest BCUT2D eigenvalue weighted by atomic mass is 127. The first-order valence-electron chi connectivity index (χ1n) is 5.67. The molecule has 0 radical (unpaired) electrons. The lowest BCUT2D eigenvalue weighted by Gasteiger charge is -2.04. The van der Waals surface area contributed by atoms with Crippen LogP contribution in [0.3, 0.4) is 0 Å². The van der Waals surface area contributed by atoms with Crippen molar-refractivity contribution in [3.8, 4) is 11.2 Å². The Bertz CT molecular complexity index is 680. The molecule has 1 aliphatic rings. The molecule has 0 saturated heterocycles. The zero-order chi connectivity index (χ0) is 12.7. The van der Waals surface area contributed by atoms with Crippen LogP contribution in [-0.2, 0) is 0 Å². The monoisotopic (exact) mass is 388 g/mol. The van der Waals surface area contributed by atoms with Crippen molar-refractivity contribution in [3.63, 3.8) is 0 Å². The molecule has 1 fully saturated rings. The lowest BCUT2D eigenvalue weighted by Crippen LogP contribution is -1.96. The van der Waals surface area contributed by atoms with Crippen molar-refractivity contribution >= 4 is 52.8 Å². The van der Waals surface area contributed by atoms with Gasteiger partial charge in [-0.15, -0.1) is 0 Å². The Balaban J connectivity index is 2.19. The lowest BCUT2D eigenvalue weighted by atomic mass is 10.2. The van der Waals surface area contributed by atoms with Crippen LogP contribution in [0.15, 0.2) is 12.1 Å². The van der Waals surface area contributed by atoms with Gasteiger partial charge >= 0.3 is 0 Å². The van der Waals surface area contributed by atoms with Crippen LogP contribution >= 0.6 is 41.7 Å². The maximum absolute atomic E-state index is 6.29. The number of benzene rings is 1. The third-order valence-electron chi connectivity index (χ3n) is 3.09. The van der Waals surface area contributed by atoms with E-state index in [0.29, 0.717) is 11.1 Å². The summed E-state index contributed by atoms with van der Waals surface area (Å²) in [5.74, 6) is 4.12. The Morgan fingerprint density at radius 3 is 2.94 bits per heavy atom. The van der Waals surface area contributed by atoms with E-state index in [1.165, 1.54) is 21.8 Å². The Morgan fingerprint density at radius 1 is 1.50 bits per heavy atom. The molecule has 0 bridgehead atoms. The van der Waals surface area contributed by atoms with Crippen LogP contribution in [-0.4, -0.2) is 9.55 Å². The summed E-state index contributed by atoms with van der Waals surface area (Å²) >= 11 is 8.44. The first kappa shape index (κ1) is 12.6. The van der Waals surface area contributed by atoms with Crippen molar-refractivity contribution in [1.82, 2.24) is 9.55 Å². The fraction of sp³-hybridized carbons (Fsp3) is 0.308. The Morgan fingerprint density at radius 2 is 2.28 bits per heavy atom. The van der Waals surface area contributed by atoms with E-state index in [0.717, 1.165) is 22.4 Å². The number of imidazole rings is 1. The summed E-state index contributed by atoms with van der Waals surface area (Å²) < 4.78 is 2.30. The van der Waals surface area contributed by atoms with Gasteiger partial charge in [0.25, 0.3) is 0 Å². The predicted molar refractivity (Wildman–Crippen MR) is 86.2 cm³/mol. The Hall–Kier alpha value is -0.380. The molecule has 2 aromatic rings. The zero-order valence-corrected chi connectivity index (χ0v) is 13.4. The molecule has 1 heterocycles. The van der Waals surface area contributed by atoms with Gasteiger partial charge in [0.1, 0.15) is 5.82 Å². The minimum Gasteiger partial charge on any atom is -0.325 e. The molecule has 18 heavy (non-hydrogen) atoms. The van der Waals surface area contributed by atoms with Crippen molar-refractivity contribution in [3.05, 3.63) is 28.5 Å². The van der Waals surface area contributed by atoms with Crippen molar-refractivity contribution in [2.24, 2.45) is 0 Å². The van der Waals surface area contributed by atoms with E-state index in [-0.39, 0.29) is 0 Å². The number of halogens is 2. The average Bonchev–Trinajstić information content (AvgIpc) is 3.11. The number of aromatic nitrogens is 2. The summed E-state index contributed by atoms with van der Waals surface area (Å²) in [5.41, 5.74) is 2.98. The molecular weight excluding hydrogens is 379 g/mol. The number of aryl methyl sites for hydroxylation is 1. The van der Waals surface area contributed by atoms with E-state index >= 15 is 0 Å². The van der Waals surface area contributed by atoms with Crippen molar-refractivity contribution in [2.45, 2.75) is 25.8 Å². The molecule has 0 N–H and O–H groups in total. The smallest absolute Gasteiger partial charge is 0.106 e. The van der Waals surface area contributed by atoms with E-state index in [4.69, 9.17) is 11.6 Å². The molecule has 1 aromatic heterocycles. The Labute approximate surface area is 127 Å². The summed E-state index contributed by atoms with van der Waals surface area (Å²) in [6.45, 7) is 2.05. The molecule has 2 nitrogen and oxygen atoms in total. The second-order valence-electron chi connectivity index (χ2n) is 4.39. The molecule has 0 aliphatic heterocycles. The second-order valence-corrected chi connectivity index (χ2v) is 6.47.